The second-order valence-corrected chi connectivity index (χ2v) is 6.48. The van der Waals surface area contributed by atoms with Crippen molar-refractivity contribution in [1.29, 1.82) is 0 Å². The molecule has 26 heavy (non-hydrogen) atoms. The van der Waals surface area contributed by atoms with Crippen LogP contribution in [0, 0.1) is 0 Å². The van der Waals surface area contributed by atoms with Crippen LogP contribution in [0.15, 0.2) is 66.7 Å². The summed E-state index contributed by atoms with van der Waals surface area (Å²) in [7, 11) is 3.97. The van der Waals surface area contributed by atoms with Gasteiger partial charge in [-0.3, -0.25) is 0 Å². The summed E-state index contributed by atoms with van der Waals surface area (Å²) in [6.45, 7) is 0. The van der Waals surface area contributed by atoms with Crippen molar-refractivity contribution in [2.24, 2.45) is 0 Å². The van der Waals surface area contributed by atoms with E-state index in [0.29, 0.717) is 16.6 Å². The number of hydrogen-bond donors (Lipinski definition) is 1. The highest BCUT2D eigenvalue weighted by Gasteiger charge is 2.15. The Morgan fingerprint density at radius 1 is 0.962 bits per heavy atom. The lowest BCUT2D eigenvalue weighted by Gasteiger charge is -2.13. The zero-order chi connectivity index (χ0) is 18.3. The van der Waals surface area contributed by atoms with Crippen molar-refractivity contribution >= 4 is 33.3 Å². The Hall–Kier alpha value is -3.40. The SMILES string of the molecule is CN(C)c1ccc(-c2cc(C(=O)O)c3c(ccc4ccccc43)n2)cc1. The number of carbonyl (C=O) groups is 1. The predicted molar refractivity (Wildman–Crippen MR) is 106 cm³/mol. The molecule has 0 aliphatic rings. The van der Waals surface area contributed by atoms with E-state index in [4.69, 9.17) is 4.98 Å². The number of anilines is 1. The van der Waals surface area contributed by atoms with Crippen LogP contribution in [0.25, 0.3) is 32.9 Å². The summed E-state index contributed by atoms with van der Waals surface area (Å²) >= 11 is 0. The summed E-state index contributed by atoms with van der Waals surface area (Å²) in [6, 6.07) is 21.3. The third kappa shape index (κ3) is 2.65. The van der Waals surface area contributed by atoms with Gasteiger partial charge < -0.3 is 10.0 Å². The largest absolute Gasteiger partial charge is 0.478 e. The number of carboxylic acid groups (broad SMARTS) is 1. The van der Waals surface area contributed by atoms with Gasteiger partial charge in [0, 0.05) is 30.7 Å². The molecule has 4 aromatic rings. The molecule has 0 aliphatic carbocycles. The lowest BCUT2D eigenvalue weighted by molar-refractivity contribution is 0.0699. The first-order valence-corrected chi connectivity index (χ1v) is 8.38. The van der Waals surface area contributed by atoms with Crippen molar-refractivity contribution < 1.29 is 9.90 Å². The molecule has 1 N–H and O–H groups in total. The molecule has 3 aromatic carbocycles. The Bertz CT molecular complexity index is 1130. The summed E-state index contributed by atoms with van der Waals surface area (Å²) in [4.78, 5) is 18.7. The zero-order valence-electron chi connectivity index (χ0n) is 14.6. The maximum absolute atomic E-state index is 12.0. The van der Waals surface area contributed by atoms with E-state index in [0.717, 1.165) is 22.0 Å². The smallest absolute Gasteiger partial charge is 0.336 e. The third-order valence-corrected chi connectivity index (χ3v) is 4.61. The molecular weight excluding hydrogens is 324 g/mol. The van der Waals surface area contributed by atoms with Crippen LogP contribution in [0.4, 0.5) is 5.69 Å². The van der Waals surface area contributed by atoms with E-state index in [1.807, 2.05) is 79.7 Å². The Balaban J connectivity index is 1.98. The van der Waals surface area contributed by atoms with Crippen LogP contribution in [0.1, 0.15) is 10.4 Å². The molecule has 0 radical (unpaired) electrons. The molecule has 4 heteroatoms. The average Bonchev–Trinajstić information content (AvgIpc) is 2.66. The number of aromatic nitrogens is 1. The quantitative estimate of drug-likeness (QED) is 0.542. The van der Waals surface area contributed by atoms with E-state index in [1.165, 1.54) is 0 Å². The molecule has 1 aromatic heterocycles. The molecule has 0 fully saturated rings. The van der Waals surface area contributed by atoms with Gasteiger partial charge in [0.05, 0.1) is 16.8 Å². The number of benzene rings is 3. The maximum atomic E-state index is 12.0. The van der Waals surface area contributed by atoms with E-state index in [9.17, 15) is 9.90 Å². The lowest BCUT2D eigenvalue weighted by atomic mass is 9.98. The molecule has 4 rings (SSSR count). The summed E-state index contributed by atoms with van der Waals surface area (Å²) < 4.78 is 0. The van der Waals surface area contributed by atoms with Crippen LogP contribution in [-0.2, 0) is 0 Å². The number of rotatable bonds is 3. The molecule has 0 aliphatic heterocycles. The molecule has 1 heterocycles. The normalized spacial score (nSPS) is 11.0. The van der Waals surface area contributed by atoms with Gasteiger partial charge in [0.15, 0.2) is 0 Å². The second kappa shape index (κ2) is 6.15. The minimum atomic E-state index is -0.945. The van der Waals surface area contributed by atoms with Gasteiger partial charge in [-0.05, 0) is 35.0 Å². The van der Waals surface area contributed by atoms with Gasteiger partial charge in [-0.1, -0.05) is 42.5 Å². The van der Waals surface area contributed by atoms with Crippen molar-refractivity contribution in [2.75, 3.05) is 19.0 Å². The van der Waals surface area contributed by atoms with Gasteiger partial charge in [-0.25, -0.2) is 9.78 Å². The maximum Gasteiger partial charge on any atom is 0.336 e. The summed E-state index contributed by atoms with van der Waals surface area (Å²) in [5.74, 6) is -0.945. The van der Waals surface area contributed by atoms with Crippen LogP contribution >= 0.6 is 0 Å². The monoisotopic (exact) mass is 342 g/mol. The molecule has 0 amide bonds. The molecule has 128 valence electrons. The number of pyridine rings is 1. The predicted octanol–water partition coefficient (Wildman–Crippen LogP) is 4.82. The fourth-order valence-electron chi connectivity index (χ4n) is 3.25. The van der Waals surface area contributed by atoms with Gasteiger partial charge in [-0.2, -0.15) is 0 Å². The van der Waals surface area contributed by atoms with Gasteiger partial charge in [0.2, 0.25) is 0 Å². The van der Waals surface area contributed by atoms with Crippen molar-refractivity contribution in [3.05, 3.63) is 72.3 Å². The van der Waals surface area contributed by atoms with Crippen LogP contribution in [0.3, 0.4) is 0 Å². The van der Waals surface area contributed by atoms with E-state index >= 15 is 0 Å². The number of aromatic carboxylic acids is 1. The molecule has 0 saturated carbocycles. The first-order valence-electron chi connectivity index (χ1n) is 8.38. The average molecular weight is 342 g/mol. The van der Waals surface area contributed by atoms with Crippen molar-refractivity contribution in [1.82, 2.24) is 4.98 Å². The number of carboxylic acids is 1. The number of fused-ring (bicyclic) bond motifs is 3. The Labute approximate surface area is 151 Å². The van der Waals surface area contributed by atoms with Gasteiger partial charge in [0.1, 0.15) is 0 Å². The highest BCUT2D eigenvalue weighted by Crippen LogP contribution is 2.31. The van der Waals surface area contributed by atoms with Crippen LogP contribution in [0.2, 0.25) is 0 Å². The lowest BCUT2D eigenvalue weighted by Crippen LogP contribution is -2.08. The zero-order valence-corrected chi connectivity index (χ0v) is 14.6. The van der Waals surface area contributed by atoms with Crippen molar-refractivity contribution in [3.8, 4) is 11.3 Å². The van der Waals surface area contributed by atoms with Gasteiger partial charge in [0.25, 0.3) is 0 Å². The Kier molecular flexibility index (Phi) is 3.81. The minimum Gasteiger partial charge on any atom is -0.478 e. The van der Waals surface area contributed by atoms with Gasteiger partial charge >= 0.3 is 5.97 Å². The molecule has 4 nitrogen and oxygen atoms in total. The highest BCUT2D eigenvalue weighted by atomic mass is 16.4. The topological polar surface area (TPSA) is 53.4 Å². The van der Waals surface area contributed by atoms with Crippen LogP contribution < -0.4 is 4.90 Å². The van der Waals surface area contributed by atoms with E-state index < -0.39 is 5.97 Å². The van der Waals surface area contributed by atoms with E-state index in [1.54, 1.807) is 6.07 Å². The van der Waals surface area contributed by atoms with Crippen molar-refractivity contribution in [2.45, 2.75) is 0 Å². The molecule has 0 bridgehead atoms. The molecular formula is C22H18N2O2. The fraction of sp³-hybridized carbons (Fsp3) is 0.0909. The summed E-state index contributed by atoms with van der Waals surface area (Å²) in [6.07, 6.45) is 0. The number of nitrogens with zero attached hydrogens (tertiary/aromatic N) is 2. The minimum absolute atomic E-state index is 0.276. The Morgan fingerprint density at radius 3 is 2.38 bits per heavy atom. The Morgan fingerprint density at radius 2 is 1.69 bits per heavy atom. The highest BCUT2D eigenvalue weighted by molar-refractivity contribution is 6.15. The molecule has 0 saturated heterocycles. The summed E-state index contributed by atoms with van der Waals surface area (Å²) in [5.41, 5.74) is 3.61. The number of hydrogen-bond acceptors (Lipinski definition) is 3. The van der Waals surface area contributed by atoms with Crippen LogP contribution in [0.5, 0.6) is 0 Å². The fourth-order valence-corrected chi connectivity index (χ4v) is 3.25. The first kappa shape index (κ1) is 16.1. The van der Waals surface area contributed by atoms with Crippen LogP contribution in [-0.4, -0.2) is 30.2 Å². The molecule has 0 atom stereocenters. The second-order valence-electron chi connectivity index (χ2n) is 6.48. The molecule has 0 unspecified atom stereocenters. The van der Waals surface area contributed by atoms with Gasteiger partial charge in [-0.15, -0.1) is 0 Å². The van der Waals surface area contributed by atoms with E-state index in [2.05, 4.69) is 0 Å². The molecule has 0 spiro atoms. The van der Waals surface area contributed by atoms with Crippen molar-refractivity contribution in [3.63, 3.8) is 0 Å². The van der Waals surface area contributed by atoms with E-state index in [-0.39, 0.29) is 5.56 Å². The summed E-state index contributed by atoms with van der Waals surface area (Å²) in [5, 5.41) is 12.4. The first-order chi connectivity index (χ1) is 12.5. The third-order valence-electron chi connectivity index (χ3n) is 4.61. The standard InChI is InChI=1S/C22H18N2O2/c1-24(2)16-10-7-15(8-11-16)20-13-18(22(25)26)21-17-6-4-3-5-14(17)9-12-19(21)23-20/h3-13H,1-2H3,(H,25,26).